The molecule has 0 bridgehead atoms. The van der Waals surface area contributed by atoms with Gasteiger partial charge in [0, 0.05) is 42.5 Å². The van der Waals surface area contributed by atoms with E-state index in [9.17, 15) is 14.9 Å². The standard InChI is InChI=1S/C30H29N5O4/c1-34(2)12-13-35(3)30(37)20-5-8-22(9-6-20)32-28(21-7-11-25-26(17-21)39-15-14-38-25)27-23-10-4-19(18-31)16-24(23)33-29(27)36/h4-11,16-17,32H,12-15H2,1-3H3,(H,33,36). The van der Waals surface area contributed by atoms with E-state index in [4.69, 9.17) is 9.47 Å². The number of likely N-dealkylation sites (N-methyl/N-ethyl adjacent to an activating group) is 2. The molecule has 2 aliphatic heterocycles. The quantitative estimate of drug-likeness (QED) is 0.453. The Morgan fingerprint density at radius 3 is 2.38 bits per heavy atom. The molecule has 9 heteroatoms. The van der Waals surface area contributed by atoms with Crippen molar-refractivity contribution in [1.29, 1.82) is 5.26 Å². The lowest BCUT2D eigenvalue weighted by Gasteiger charge is -2.21. The Bertz CT molecular complexity index is 1500. The maximum Gasteiger partial charge on any atom is 0.258 e. The van der Waals surface area contributed by atoms with E-state index in [1.807, 2.05) is 49.3 Å². The van der Waals surface area contributed by atoms with Gasteiger partial charge in [-0.2, -0.15) is 5.26 Å². The second kappa shape index (κ2) is 10.9. The average molecular weight is 524 g/mol. The first-order chi connectivity index (χ1) is 18.8. The highest BCUT2D eigenvalue weighted by Crippen LogP contribution is 2.40. The lowest BCUT2D eigenvalue weighted by Crippen LogP contribution is -2.33. The summed E-state index contributed by atoms with van der Waals surface area (Å²) in [6.07, 6.45) is 0. The predicted molar refractivity (Wildman–Crippen MR) is 150 cm³/mol. The first kappa shape index (κ1) is 25.8. The summed E-state index contributed by atoms with van der Waals surface area (Å²) in [6.45, 7) is 2.31. The topological polar surface area (TPSA) is 107 Å². The van der Waals surface area contributed by atoms with Crippen molar-refractivity contribution in [1.82, 2.24) is 9.80 Å². The van der Waals surface area contributed by atoms with Crippen LogP contribution in [0.15, 0.2) is 60.7 Å². The fourth-order valence-electron chi connectivity index (χ4n) is 4.48. The minimum Gasteiger partial charge on any atom is -0.486 e. The van der Waals surface area contributed by atoms with Gasteiger partial charge in [0.2, 0.25) is 0 Å². The Labute approximate surface area is 227 Å². The number of carbonyl (C=O) groups excluding carboxylic acids is 2. The number of carbonyl (C=O) groups is 2. The molecule has 9 nitrogen and oxygen atoms in total. The van der Waals surface area contributed by atoms with Gasteiger partial charge in [-0.15, -0.1) is 0 Å². The molecule has 0 aromatic heterocycles. The average Bonchev–Trinajstić information content (AvgIpc) is 3.28. The molecule has 3 aromatic carbocycles. The maximum atomic E-state index is 13.3. The number of nitrogens with one attached hydrogen (secondary N) is 2. The zero-order chi connectivity index (χ0) is 27.5. The largest absolute Gasteiger partial charge is 0.486 e. The van der Waals surface area contributed by atoms with Crippen LogP contribution in [0, 0.1) is 11.3 Å². The number of nitriles is 1. The molecular weight excluding hydrogens is 494 g/mol. The highest BCUT2D eigenvalue weighted by molar-refractivity contribution is 6.37. The Morgan fingerprint density at radius 1 is 0.949 bits per heavy atom. The van der Waals surface area contributed by atoms with E-state index in [0.717, 1.165) is 12.1 Å². The number of hydrogen-bond acceptors (Lipinski definition) is 7. The third-order valence-electron chi connectivity index (χ3n) is 6.60. The number of nitrogens with zero attached hydrogens (tertiary/aromatic N) is 3. The van der Waals surface area contributed by atoms with Gasteiger partial charge in [-0.3, -0.25) is 9.59 Å². The molecular formula is C30H29N5O4. The van der Waals surface area contributed by atoms with Crippen LogP contribution in [0.3, 0.4) is 0 Å². The zero-order valence-electron chi connectivity index (χ0n) is 22.1. The third-order valence-corrected chi connectivity index (χ3v) is 6.60. The fourth-order valence-corrected chi connectivity index (χ4v) is 4.48. The summed E-state index contributed by atoms with van der Waals surface area (Å²) < 4.78 is 11.5. The second-order valence-corrected chi connectivity index (χ2v) is 9.67. The molecule has 0 fully saturated rings. The van der Waals surface area contributed by atoms with E-state index in [-0.39, 0.29) is 11.8 Å². The molecule has 0 unspecified atom stereocenters. The van der Waals surface area contributed by atoms with E-state index in [0.29, 0.717) is 70.6 Å². The van der Waals surface area contributed by atoms with Crippen molar-refractivity contribution in [2.24, 2.45) is 0 Å². The number of hydrogen-bond donors (Lipinski definition) is 2. The molecule has 0 saturated carbocycles. The van der Waals surface area contributed by atoms with Crippen LogP contribution in [0.5, 0.6) is 11.5 Å². The molecule has 2 amide bonds. The third kappa shape index (κ3) is 5.42. The van der Waals surface area contributed by atoms with Crippen LogP contribution in [0.2, 0.25) is 0 Å². The Balaban J connectivity index is 1.51. The van der Waals surface area contributed by atoms with E-state index in [2.05, 4.69) is 16.7 Å². The molecule has 3 aromatic rings. The van der Waals surface area contributed by atoms with Crippen molar-refractivity contribution in [3.05, 3.63) is 82.9 Å². The van der Waals surface area contributed by atoms with Gasteiger partial charge in [0.05, 0.1) is 28.6 Å². The summed E-state index contributed by atoms with van der Waals surface area (Å²) in [5.41, 5.74) is 4.73. The molecule has 2 heterocycles. The molecule has 198 valence electrons. The van der Waals surface area contributed by atoms with Gasteiger partial charge in [-0.25, -0.2) is 0 Å². The Morgan fingerprint density at radius 2 is 1.67 bits per heavy atom. The van der Waals surface area contributed by atoms with Crippen molar-refractivity contribution in [2.45, 2.75) is 0 Å². The Hall–Kier alpha value is -4.81. The van der Waals surface area contributed by atoms with E-state index < -0.39 is 0 Å². The Kier molecular flexibility index (Phi) is 7.21. The number of amides is 2. The van der Waals surface area contributed by atoms with Crippen molar-refractivity contribution in [3.63, 3.8) is 0 Å². The van der Waals surface area contributed by atoms with Crippen molar-refractivity contribution >= 4 is 34.5 Å². The van der Waals surface area contributed by atoms with Gasteiger partial charge >= 0.3 is 0 Å². The SMILES string of the molecule is CN(C)CCN(C)C(=O)c1ccc(NC(=C2C(=O)Nc3cc(C#N)ccc32)c2ccc3c(c2)OCCO3)cc1. The summed E-state index contributed by atoms with van der Waals surface area (Å²) in [7, 11) is 5.73. The van der Waals surface area contributed by atoms with E-state index in [1.165, 1.54) is 0 Å². The molecule has 39 heavy (non-hydrogen) atoms. The summed E-state index contributed by atoms with van der Waals surface area (Å²) in [5, 5.41) is 15.6. The van der Waals surface area contributed by atoms with Crippen molar-refractivity contribution in [3.8, 4) is 17.6 Å². The molecule has 0 saturated heterocycles. The fraction of sp³-hybridized carbons (Fsp3) is 0.233. The number of ether oxygens (including phenoxy) is 2. The molecule has 2 aliphatic rings. The first-order valence-corrected chi connectivity index (χ1v) is 12.6. The maximum absolute atomic E-state index is 13.3. The van der Waals surface area contributed by atoms with Gasteiger partial charge in [-0.05, 0) is 68.7 Å². The molecule has 0 radical (unpaired) electrons. The minimum absolute atomic E-state index is 0.0637. The molecule has 5 rings (SSSR count). The van der Waals surface area contributed by atoms with Crippen LogP contribution in [-0.2, 0) is 4.79 Å². The number of rotatable bonds is 7. The molecule has 0 atom stereocenters. The number of fused-ring (bicyclic) bond motifs is 2. The van der Waals surface area contributed by atoms with Gasteiger partial charge in [-0.1, -0.05) is 6.07 Å². The predicted octanol–water partition coefficient (Wildman–Crippen LogP) is 3.90. The second-order valence-electron chi connectivity index (χ2n) is 9.67. The van der Waals surface area contributed by atoms with E-state index in [1.54, 1.807) is 42.3 Å². The van der Waals surface area contributed by atoms with Crippen molar-refractivity contribution in [2.75, 3.05) is 58.1 Å². The monoisotopic (exact) mass is 523 g/mol. The van der Waals surface area contributed by atoms with Crippen LogP contribution in [0.25, 0.3) is 11.3 Å². The molecule has 0 spiro atoms. The summed E-state index contributed by atoms with van der Waals surface area (Å²) in [6, 6.07) is 19.9. The highest BCUT2D eigenvalue weighted by Gasteiger charge is 2.29. The minimum atomic E-state index is -0.285. The van der Waals surface area contributed by atoms with Crippen LogP contribution in [0.4, 0.5) is 11.4 Å². The van der Waals surface area contributed by atoms with Gasteiger partial charge < -0.3 is 29.9 Å². The van der Waals surface area contributed by atoms with Crippen LogP contribution in [-0.4, -0.2) is 69.1 Å². The summed E-state index contributed by atoms with van der Waals surface area (Å²) in [4.78, 5) is 29.8. The lowest BCUT2D eigenvalue weighted by atomic mass is 9.98. The van der Waals surface area contributed by atoms with Crippen LogP contribution in [0.1, 0.15) is 27.0 Å². The summed E-state index contributed by atoms with van der Waals surface area (Å²) in [5.74, 6) is 0.891. The zero-order valence-corrected chi connectivity index (χ0v) is 22.1. The van der Waals surface area contributed by atoms with Gasteiger partial charge in [0.15, 0.2) is 11.5 Å². The van der Waals surface area contributed by atoms with Gasteiger partial charge in [0.1, 0.15) is 13.2 Å². The highest BCUT2D eigenvalue weighted by atomic mass is 16.6. The first-order valence-electron chi connectivity index (χ1n) is 12.6. The lowest BCUT2D eigenvalue weighted by molar-refractivity contribution is -0.110. The normalized spacial score (nSPS) is 14.8. The summed E-state index contributed by atoms with van der Waals surface area (Å²) >= 11 is 0. The van der Waals surface area contributed by atoms with Crippen LogP contribution >= 0.6 is 0 Å². The van der Waals surface area contributed by atoms with Crippen molar-refractivity contribution < 1.29 is 19.1 Å². The molecule has 0 aliphatic carbocycles. The smallest absolute Gasteiger partial charge is 0.258 e. The van der Waals surface area contributed by atoms with Gasteiger partial charge in [0.25, 0.3) is 11.8 Å². The number of anilines is 2. The molecule has 2 N–H and O–H groups in total. The number of benzene rings is 3. The van der Waals surface area contributed by atoms with Crippen LogP contribution < -0.4 is 20.1 Å². The van der Waals surface area contributed by atoms with E-state index >= 15 is 0 Å².